The van der Waals surface area contributed by atoms with E-state index in [0.29, 0.717) is 0 Å². The van der Waals surface area contributed by atoms with Gasteiger partial charge in [0.2, 0.25) is 0 Å². The molecular weight excluding hydrogens is 352 g/mol. The van der Waals surface area contributed by atoms with Crippen molar-refractivity contribution < 1.29 is 0 Å². The standard InChI is InChI=1S/C27H20N2/c1-2-9-21(16-15-20-18-19(8-1)22-10-3-4-11-23(20)22)29-26-14-6-5-12-24(26)25-13-7-17-28-27(25)29/h1-8,10-17H,9,18H2/b2-1-,19-8+,20-15+,21-16+. The highest BCUT2D eigenvalue weighted by Crippen LogP contribution is 2.41. The van der Waals surface area contributed by atoms with Crippen LogP contribution in [0.1, 0.15) is 24.0 Å². The van der Waals surface area contributed by atoms with Crippen molar-refractivity contribution in [2.75, 3.05) is 0 Å². The highest BCUT2D eigenvalue weighted by molar-refractivity contribution is 6.08. The van der Waals surface area contributed by atoms with Crippen molar-refractivity contribution in [3.8, 4) is 0 Å². The Morgan fingerprint density at radius 2 is 1.48 bits per heavy atom. The first-order chi connectivity index (χ1) is 14.4. The topological polar surface area (TPSA) is 17.8 Å². The number of benzene rings is 2. The van der Waals surface area contributed by atoms with E-state index in [0.717, 1.165) is 18.5 Å². The average Bonchev–Trinajstić information content (AvgIpc) is 3.29. The van der Waals surface area contributed by atoms with E-state index in [1.807, 2.05) is 12.3 Å². The van der Waals surface area contributed by atoms with Crippen molar-refractivity contribution in [1.29, 1.82) is 0 Å². The summed E-state index contributed by atoms with van der Waals surface area (Å²) in [6.07, 6.45) is 15.0. The van der Waals surface area contributed by atoms with E-state index in [4.69, 9.17) is 4.98 Å². The highest BCUT2D eigenvalue weighted by Gasteiger charge is 2.20. The van der Waals surface area contributed by atoms with Gasteiger partial charge in [-0.25, -0.2) is 4.98 Å². The van der Waals surface area contributed by atoms with Crippen LogP contribution >= 0.6 is 0 Å². The van der Waals surface area contributed by atoms with Crippen LogP contribution in [0.2, 0.25) is 0 Å². The number of pyridine rings is 1. The quantitative estimate of drug-likeness (QED) is 0.357. The Kier molecular flexibility index (Phi) is 3.63. The second-order valence-corrected chi connectivity index (χ2v) is 7.62. The third-order valence-corrected chi connectivity index (χ3v) is 5.96. The van der Waals surface area contributed by atoms with E-state index in [1.54, 1.807) is 0 Å². The molecule has 0 N–H and O–H groups in total. The first-order valence-corrected chi connectivity index (χ1v) is 10.1. The fraction of sp³-hybridized carbons (Fsp3) is 0.0741. The molecular formula is C27H20N2. The lowest BCUT2D eigenvalue weighted by Gasteiger charge is -2.10. The minimum absolute atomic E-state index is 0.855. The number of aromatic nitrogens is 2. The lowest BCUT2D eigenvalue weighted by atomic mass is 10.1. The molecule has 29 heavy (non-hydrogen) atoms. The molecule has 0 fully saturated rings. The maximum absolute atomic E-state index is 4.74. The molecule has 0 aliphatic heterocycles. The van der Waals surface area contributed by atoms with Gasteiger partial charge >= 0.3 is 0 Å². The molecule has 0 radical (unpaired) electrons. The maximum atomic E-state index is 4.74. The number of nitrogens with zero attached hydrogens (tertiary/aromatic N) is 2. The number of para-hydroxylation sites is 1. The van der Waals surface area contributed by atoms with Gasteiger partial charge in [0.05, 0.1) is 5.52 Å². The molecule has 2 aromatic heterocycles. The molecule has 0 atom stereocenters. The predicted octanol–water partition coefficient (Wildman–Crippen LogP) is 6.86. The third-order valence-electron chi connectivity index (χ3n) is 5.96. The molecule has 0 unspecified atom stereocenters. The summed E-state index contributed by atoms with van der Waals surface area (Å²) in [5.41, 5.74) is 8.96. The second-order valence-electron chi connectivity index (χ2n) is 7.62. The van der Waals surface area contributed by atoms with Gasteiger partial charge in [0.15, 0.2) is 0 Å². The van der Waals surface area contributed by atoms with Gasteiger partial charge in [-0.2, -0.15) is 0 Å². The van der Waals surface area contributed by atoms with Crippen LogP contribution in [0.4, 0.5) is 0 Å². The Bertz CT molecular complexity index is 1340. The van der Waals surface area contributed by atoms with Gasteiger partial charge in [-0.1, -0.05) is 66.8 Å². The van der Waals surface area contributed by atoms with Crippen molar-refractivity contribution in [3.63, 3.8) is 0 Å². The summed E-state index contributed by atoms with van der Waals surface area (Å²) < 4.78 is 2.32. The van der Waals surface area contributed by atoms with Gasteiger partial charge in [0, 0.05) is 29.1 Å². The van der Waals surface area contributed by atoms with Crippen LogP contribution in [0.3, 0.4) is 0 Å². The molecule has 0 saturated carbocycles. The van der Waals surface area contributed by atoms with Crippen molar-refractivity contribution >= 4 is 38.8 Å². The van der Waals surface area contributed by atoms with Crippen LogP contribution in [-0.2, 0) is 0 Å². The normalized spacial score (nSPS) is 22.3. The Morgan fingerprint density at radius 3 is 2.38 bits per heavy atom. The Morgan fingerprint density at radius 1 is 0.724 bits per heavy atom. The summed E-state index contributed by atoms with van der Waals surface area (Å²) in [7, 11) is 0. The van der Waals surface area contributed by atoms with Crippen LogP contribution < -0.4 is 0 Å². The number of fused-ring (bicyclic) bond motifs is 8. The predicted molar refractivity (Wildman–Crippen MR) is 122 cm³/mol. The lowest BCUT2D eigenvalue weighted by Crippen LogP contribution is -1.97. The monoisotopic (exact) mass is 372 g/mol. The van der Waals surface area contributed by atoms with E-state index >= 15 is 0 Å². The van der Waals surface area contributed by atoms with Crippen molar-refractivity contribution in [3.05, 3.63) is 108 Å². The molecule has 0 amide bonds. The summed E-state index contributed by atoms with van der Waals surface area (Å²) >= 11 is 0. The summed E-state index contributed by atoms with van der Waals surface area (Å²) in [6.45, 7) is 0. The molecule has 2 bridgehead atoms. The molecule has 138 valence electrons. The minimum Gasteiger partial charge on any atom is -0.297 e. The number of hydrogen-bond acceptors (Lipinski definition) is 1. The largest absolute Gasteiger partial charge is 0.297 e. The molecule has 2 aliphatic rings. The van der Waals surface area contributed by atoms with E-state index in [9.17, 15) is 0 Å². The first kappa shape index (κ1) is 16.3. The van der Waals surface area contributed by atoms with E-state index < -0.39 is 0 Å². The molecule has 2 aliphatic carbocycles. The molecule has 6 rings (SSSR count). The molecule has 2 heteroatoms. The minimum atomic E-state index is 0.855. The van der Waals surface area contributed by atoms with Crippen molar-refractivity contribution in [2.24, 2.45) is 0 Å². The molecule has 0 spiro atoms. The van der Waals surface area contributed by atoms with E-state index in [1.165, 1.54) is 44.3 Å². The maximum Gasteiger partial charge on any atom is 0.145 e. The third kappa shape index (κ3) is 2.53. The number of allylic oxidation sites excluding steroid dienone is 8. The summed E-state index contributed by atoms with van der Waals surface area (Å²) in [4.78, 5) is 4.74. The van der Waals surface area contributed by atoms with Crippen molar-refractivity contribution in [1.82, 2.24) is 9.55 Å². The molecule has 2 heterocycles. The van der Waals surface area contributed by atoms with Gasteiger partial charge in [0.25, 0.3) is 0 Å². The van der Waals surface area contributed by atoms with Crippen molar-refractivity contribution in [2.45, 2.75) is 12.8 Å². The Balaban J connectivity index is 1.61. The SMILES string of the molecule is C1=C\C/C(n2c3ccccc3c3cccnc32)=C\C=C2/C\C(=C/1)c1ccccc12. The van der Waals surface area contributed by atoms with Crippen LogP contribution in [0, 0.1) is 0 Å². The Hall–Kier alpha value is -3.65. The lowest BCUT2D eigenvalue weighted by molar-refractivity contribution is 1.11. The van der Waals surface area contributed by atoms with Crippen LogP contribution in [0.15, 0.2) is 97.2 Å². The van der Waals surface area contributed by atoms with Gasteiger partial charge in [-0.05, 0) is 53.0 Å². The summed E-state index contributed by atoms with van der Waals surface area (Å²) in [6, 6.07) is 21.5. The first-order valence-electron chi connectivity index (χ1n) is 10.1. The van der Waals surface area contributed by atoms with Crippen LogP contribution in [0.25, 0.3) is 38.8 Å². The molecule has 4 aromatic rings. The zero-order valence-corrected chi connectivity index (χ0v) is 16.0. The van der Waals surface area contributed by atoms with E-state index in [-0.39, 0.29) is 0 Å². The number of hydrogen-bond donors (Lipinski definition) is 0. The second kappa shape index (κ2) is 6.46. The zero-order valence-electron chi connectivity index (χ0n) is 16.0. The fourth-order valence-corrected chi connectivity index (χ4v) is 4.63. The molecule has 2 aromatic carbocycles. The fourth-order valence-electron chi connectivity index (χ4n) is 4.63. The smallest absolute Gasteiger partial charge is 0.145 e. The molecule has 0 saturated heterocycles. The average molecular weight is 372 g/mol. The summed E-state index contributed by atoms with van der Waals surface area (Å²) in [5, 5.41) is 2.45. The number of rotatable bonds is 1. The van der Waals surface area contributed by atoms with Gasteiger partial charge in [-0.15, -0.1) is 0 Å². The summed E-state index contributed by atoms with van der Waals surface area (Å²) in [5.74, 6) is 0. The highest BCUT2D eigenvalue weighted by atomic mass is 15.0. The van der Waals surface area contributed by atoms with Crippen LogP contribution in [0.5, 0.6) is 0 Å². The molecule has 2 nitrogen and oxygen atoms in total. The Labute approximate surface area is 169 Å². The van der Waals surface area contributed by atoms with Gasteiger partial charge in [-0.3, -0.25) is 4.57 Å². The van der Waals surface area contributed by atoms with Gasteiger partial charge < -0.3 is 0 Å². The zero-order chi connectivity index (χ0) is 19.2. The van der Waals surface area contributed by atoms with Gasteiger partial charge in [0.1, 0.15) is 5.65 Å². The van der Waals surface area contributed by atoms with Crippen LogP contribution in [-0.4, -0.2) is 9.55 Å². The van der Waals surface area contributed by atoms with E-state index in [2.05, 4.69) is 89.5 Å².